The number of rotatable bonds is 7. The lowest BCUT2D eigenvalue weighted by Gasteiger charge is -2.31. The first-order chi connectivity index (χ1) is 14.2. The third-order valence-electron chi connectivity index (χ3n) is 4.17. The summed E-state index contributed by atoms with van der Waals surface area (Å²) in [5.74, 6) is 0.923. The van der Waals surface area contributed by atoms with Gasteiger partial charge in [-0.25, -0.2) is 9.24 Å². The number of anilines is 2. The van der Waals surface area contributed by atoms with Gasteiger partial charge in [-0.3, -0.25) is 0 Å². The van der Waals surface area contributed by atoms with Crippen LogP contribution in [-0.2, 0) is 4.57 Å². The Labute approximate surface area is 170 Å². The number of para-hydroxylation sites is 4. The van der Waals surface area contributed by atoms with Gasteiger partial charge in [0.15, 0.2) is 0 Å². The average molecular weight is 401 g/mol. The first kappa shape index (κ1) is 18.9. The lowest BCUT2D eigenvalue weighted by molar-refractivity contribution is 0.386. The number of benzene rings is 4. The highest BCUT2D eigenvalue weighted by molar-refractivity contribution is 7.57. The summed E-state index contributed by atoms with van der Waals surface area (Å²) in [5.41, 5.74) is 1.41. The van der Waals surface area contributed by atoms with E-state index in [9.17, 15) is 4.57 Å². The molecule has 0 N–H and O–H groups in total. The molecule has 4 nitrogen and oxygen atoms in total. The quantitative estimate of drug-likeness (QED) is 0.310. The Kier molecular flexibility index (Phi) is 5.64. The standard InChI is InChI=1S/C24H20NO3P/c26-29(27-23-17-9-3-10-18-23,28-24-19-11-4-12-20-24)25(21-13-5-1-6-14-21)22-15-7-2-8-16-22/h1-20H. The molecule has 0 aliphatic rings. The normalized spacial score (nSPS) is 10.9. The molecule has 0 radical (unpaired) electrons. The van der Waals surface area contributed by atoms with E-state index in [1.807, 2.05) is 97.1 Å². The minimum absolute atomic E-state index is 0.462. The monoisotopic (exact) mass is 401 g/mol. The summed E-state index contributed by atoms with van der Waals surface area (Å²) < 4.78 is 28.0. The summed E-state index contributed by atoms with van der Waals surface area (Å²) in [6.07, 6.45) is 0. The molecule has 5 heteroatoms. The van der Waals surface area contributed by atoms with Gasteiger partial charge in [-0.2, -0.15) is 0 Å². The maximum Gasteiger partial charge on any atom is 0.548 e. The van der Waals surface area contributed by atoms with Crippen LogP contribution in [0.3, 0.4) is 0 Å². The van der Waals surface area contributed by atoms with E-state index in [2.05, 4.69) is 0 Å². The average Bonchev–Trinajstić information content (AvgIpc) is 2.77. The fourth-order valence-electron chi connectivity index (χ4n) is 2.90. The molecule has 144 valence electrons. The molecule has 0 atom stereocenters. The van der Waals surface area contributed by atoms with Gasteiger partial charge in [0.25, 0.3) is 0 Å². The Morgan fingerprint density at radius 2 is 0.793 bits per heavy atom. The van der Waals surface area contributed by atoms with Crippen molar-refractivity contribution in [2.45, 2.75) is 0 Å². The summed E-state index contributed by atoms with van der Waals surface area (Å²) >= 11 is 0. The minimum atomic E-state index is -3.88. The maximum absolute atomic E-state index is 14.3. The molecule has 0 aliphatic carbocycles. The molecule has 0 unspecified atom stereocenters. The van der Waals surface area contributed by atoms with Gasteiger partial charge in [0.1, 0.15) is 11.5 Å². The predicted molar refractivity (Wildman–Crippen MR) is 117 cm³/mol. The summed E-state index contributed by atoms with van der Waals surface area (Å²) in [4.78, 5) is 0. The van der Waals surface area contributed by atoms with Gasteiger partial charge in [0.05, 0.1) is 11.4 Å². The zero-order valence-corrected chi connectivity index (χ0v) is 16.6. The minimum Gasteiger partial charge on any atom is -0.400 e. The van der Waals surface area contributed by atoms with Crippen LogP contribution in [0.2, 0.25) is 0 Å². The molecular formula is C24H20NO3P. The fourth-order valence-corrected chi connectivity index (χ4v) is 4.71. The van der Waals surface area contributed by atoms with Crippen LogP contribution in [0, 0.1) is 0 Å². The van der Waals surface area contributed by atoms with E-state index in [4.69, 9.17) is 9.05 Å². The third-order valence-corrected chi connectivity index (χ3v) is 6.01. The first-order valence-corrected chi connectivity index (χ1v) is 10.7. The lowest BCUT2D eigenvalue weighted by Crippen LogP contribution is -2.21. The Bertz CT molecular complexity index is 989. The maximum atomic E-state index is 14.3. The number of nitrogens with zero attached hydrogens (tertiary/aromatic N) is 1. The van der Waals surface area contributed by atoms with Crippen molar-refractivity contribution in [1.82, 2.24) is 0 Å². The highest BCUT2D eigenvalue weighted by Crippen LogP contribution is 2.57. The van der Waals surface area contributed by atoms with E-state index in [1.54, 1.807) is 28.9 Å². The zero-order chi connectivity index (χ0) is 19.9. The van der Waals surface area contributed by atoms with Crippen molar-refractivity contribution in [1.29, 1.82) is 0 Å². The largest absolute Gasteiger partial charge is 0.548 e. The Morgan fingerprint density at radius 1 is 0.483 bits per heavy atom. The van der Waals surface area contributed by atoms with Crippen LogP contribution in [0.1, 0.15) is 0 Å². The van der Waals surface area contributed by atoms with Gasteiger partial charge in [-0.15, -0.1) is 0 Å². The van der Waals surface area contributed by atoms with Crippen molar-refractivity contribution in [2.24, 2.45) is 0 Å². The highest BCUT2D eigenvalue weighted by Gasteiger charge is 2.39. The topological polar surface area (TPSA) is 38.8 Å². The second kappa shape index (κ2) is 8.68. The van der Waals surface area contributed by atoms with Crippen LogP contribution in [0.25, 0.3) is 0 Å². The summed E-state index contributed by atoms with van der Waals surface area (Å²) in [5, 5.41) is 0. The molecule has 29 heavy (non-hydrogen) atoms. The van der Waals surface area contributed by atoms with E-state index in [0.29, 0.717) is 22.9 Å². The van der Waals surface area contributed by atoms with E-state index in [0.717, 1.165) is 0 Å². The summed E-state index contributed by atoms with van der Waals surface area (Å²) in [7, 11) is -3.88. The van der Waals surface area contributed by atoms with Crippen LogP contribution in [-0.4, -0.2) is 0 Å². The van der Waals surface area contributed by atoms with Gasteiger partial charge in [0.2, 0.25) is 0 Å². The van der Waals surface area contributed by atoms with Gasteiger partial charge in [-0.1, -0.05) is 72.8 Å². The molecule has 4 aromatic rings. The van der Waals surface area contributed by atoms with E-state index in [-0.39, 0.29) is 0 Å². The molecule has 0 bridgehead atoms. The summed E-state index contributed by atoms with van der Waals surface area (Å²) in [6.45, 7) is 0. The second-order valence-electron chi connectivity index (χ2n) is 6.26. The van der Waals surface area contributed by atoms with Crippen LogP contribution in [0.15, 0.2) is 121 Å². The van der Waals surface area contributed by atoms with E-state index < -0.39 is 7.75 Å². The molecule has 0 aliphatic heterocycles. The molecule has 0 fully saturated rings. The van der Waals surface area contributed by atoms with Crippen LogP contribution < -0.4 is 13.7 Å². The second-order valence-corrected chi connectivity index (χ2v) is 7.96. The molecule has 0 saturated heterocycles. The molecular weight excluding hydrogens is 381 g/mol. The van der Waals surface area contributed by atoms with Crippen molar-refractivity contribution in [3.05, 3.63) is 121 Å². The molecule has 0 aromatic heterocycles. The SMILES string of the molecule is O=P(Oc1ccccc1)(Oc1ccccc1)N(c1ccccc1)c1ccccc1. The smallest absolute Gasteiger partial charge is 0.400 e. The van der Waals surface area contributed by atoms with Crippen molar-refractivity contribution in [3.8, 4) is 11.5 Å². The first-order valence-electron chi connectivity index (χ1n) is 9.25. The van der Waals surface area contributed by atoms with Crippen LogP contribution in [0.4, 0.5) is 11.4 Å². The summed E-state index contributed by atoms with van der Waals surface area (Å²) in [6, 6.07) is 37.0. The van der Waals surface area contributed by atoms with Crippen molar-refractivity contribution in [3.63, 3.8) is 0 Å². The van der Waals surface area contributed by atoms with Crippen LogP contribution in [0.5, 0.6) is 11.5 Å². The predicted octanol–water partition coefficient (Wildman–Crippen LogP) is 7.09. The van der Waals surface area contributed by atoms with E-state index >= 15 is 0 Å². The number of hydrogen-bond donors (Lipinski definition) is 0. The van der Waals surface area contributed by atoms with Gasteiger partial charge in [0, 0.05) is 0 Å². The molecule has 0 spiro atoms. The van der Waals surface area contributed by atoms with Gasteiger partial charge >= 0.3 is 7.75 Å². The van der Waals surface area contributed by atoms with Crippen molar-refractivity contribution in [2.75, 3.05) is 4.67 Å². The van der Waals surface area contributed by atoms with Crippen molar-refractivity contribution < 1.29 is 13.6 Å². The number of hydrogen-bond acceptors (Lipinski definition) is 3. The fraction of sp³-hybridized carbons (Fsp3) is 0. The molecule has 0 amide bonds. The Morgan fingerprint density at radius 3 is 1.14 bits per heavy atom. The van der Waals surface area contributed by atoms with Crippen molar-refractivity contribution >= 4 is 19.1 Å². The van der Waals surface area contributed by atoms with E-state index in [1.165, 1.54) is 0 Å². The Balaban J connectivity index is 1.85. The molecule has 4 aromatic carbocycles. The molecule has 0 saturated carbocycles. The lowest BCUT2D eigenvalue weighted by atomic mass is 10.3. The van der Waals surface area contributed by atoms with Gasteiger partial charge in [-0.05, 0) is 48.5 Å². The third kappa shape index (κ3) is 4.50. The molecule has 0 heterocycles. The van der Waals surface area contributed by atoms with Gasteiger partial charge < -0.3 is 9.05 Å². The molecule has 4 rings (SSSR count). The zero-order valence-electron chi connectivity index (χ0n) is 15.7. The Hall–Kier alpha value is -3.49. The highest BCUT2D eigenvalue weighted by atomic mass is 31.2. The van der Waals surface area contributed by atoms with Crippen LogP contribution >= 0.6 is 7.75 Å².